The van der Waals surface area contributed by atoms with Gasteiger partial charge in [0.1, 0.15) is 5.75 Å². The molecule has 3 aromatic rings. The molecule has 3 rings (SSSR count). The van der Waals surface area contributed by atoms with E-state index in [1.807, 2.05) is 17.5 Å². The minimum absolute atomic E-state index is 0.284. The maximum atomic E-state index is 5.76. The molecule has 0 aliphatic rings. The zero-order valence-corrected chi connectivity index (χ0v) is 14.6. The Morgan fingerprint density at radius 2 is 2.00 bits per heavy atom. The summed E-state index contributed by atoms with van der Waals surface area (Å²) in [6.07, 6.45) is 0. The number of hydrogen-bond donors (Lipinski definition) is 2. The third-order valence-electron chi connectivity index (χ3n) is 3.97. The molecular formula is C19H21N3OS. The van der Waals surface area contributed by atoms with Crippen molar-refractivity contribution in [2.24, 2.45) is 0 Å². The summed E-state index contributed by atoms with van der Waals surface area (Å²) in [6.45, 7) is 2.94. The standard InChI is InChI=1S/C19H21N3OS/c1-13(15-6-4-3-5-7-15)21-11-14-8-9-18(23-2)16(10-14)17-12-24-19(20)22-17/h3-10,12-13,21H,11H2,1-2H3,(H2,20,22)/t13-/m1/s1. The largest absolute Gasteiger partial charge is 0.496 e. The molecule has 0 radical (unpaired) electrons. The fraction of sp³-hybridized carbons (Fsp3) is 0.211. The van der Waals surface area contributed by atoms with Crippen LogP contribution in [0.5, 0.6) is 5.75 Å². The van der Waals surface area contributed by atoms with Gasteiger partial charge in [-0.15, -0.1) is 11.3 Å². The SMILES string of the molecule is COc1ccc(CN[C@H](C)c2ccccc2)cc1-c1csc(N)n1. The van der Waals surface area contributed by atoms with Gasteiger partial charge >= 0.3 is 0 Å². The zero-order chi connectivity index (χ0) is 16.9. The van der Waals surface area contributed by atoms with E-state index in [0.29, 0.717) is 5.13 Å². The number of ether oxygens (including phenoxy) is 1. The number of nitrogens with one attached hydrogen (secondary N) is 1. The number of nitrogens with zero attached hydrogens (tertiary/aromatic N) is 1. The number of hydrogen-bond acceptors (Lipinski definition) is 5. The molecule has 0 unspecified atom stereocenters. The van der Waals surface area contributed by atoms with Crippen molar-refractivity contribution in [3.63, 3.8) is 0 Å². The maximum absolute atomic E-state index is 5.76. The van der Waals surface area contributed by atoms with Gasteiger partial charge in [0.05, 0.1) is 12.8 Å². The third-order valence-corrected chi connectivity index (χ3v) is 4.65. The average Bonchev–Trinajstić information content (AvgIpc) is 3.06. The van der Waals surface area contributed by atoms with Crippen molar-refractivity contribution in [3.8, 4) is 17.0 Å². The summed E-state index contributed by atoms with van der Waals surface area (Å²) < 4.78 is 5.46. The molecule has 124 valence electrons. The first-order valence-electron chi connectivity index (χ1n) is 7.84. The quantitative estimate of drug-likeness (QED) is 0.705. The molecular weight excluding hydrogens is 318 g/mol. The van der Waals surface area contributed by atoms with Crippen LogP contribution < -0.4 is 15.8 Å². The lowest BCUT2D eigenvalue weighted by atomic mass is 10.1. The molecule has 3 N–H and O–H groups in total. The van der Waals surface area contributed by atoms with Gasteiger partial charge < -0.3 is 15.8 Å². The molecule has 0 bridgehead atoms. The van der Waals surface area contributed by atoms with E-state index in [9.17, 15) is 0 Å². The molecule has 0 aliphatic carbocycles. The Bertz CT molecular complexity index is 801. The van der Waals surface area contributed by atoms with Crippen molar-refractivity contribution in [2.45, 2.75) is 19.5 Å². The van der Waals surface area contributed by atoms with Gasteiger partial charge in [-0.05, 0) is 30.2 Å². The second-order valence-electron chi connectivity index (χ2n) is 5.62. The minimum Gasteiger partial charge on any atom is -0.496 e. The number of methoxy groups -OCH3 is 1. The topological polar surface area (TPSA) is 60.2 Å². The molecule has 0 fully saturated rings. The van der Waals surface area contributed by atoms with Crippen LogP contribution in [0.4, 0.5) is 5.13 Å². The van der Waals surface area contributed by atoms with E-state index >= 15 is 0 Å². The van der Waals surface area contributed by atoms with Crippen LogP contribution in [0.25, 0.3) is 11.3 Å². The summed E-state index contributed by atoms with van der Waals surface area (Å²) in [4.78, 5) is 4.37. The number of nitrogen functional groups attached to an aromatic ring is 1. The maximum Gasteiger partial charge on any atom is 0.180 e. The molecule has 1 aromatic heterocycles. The molecule has 5 heteroatoms. The predicted molar refractivity (Wildman–Crippen MR) is 100 cm³/mol. The second-order valence-corrected chi connectivity index (χ2v) is 6.51. The lowest BCUT2D eigenvalue weighted by Crippen LogP contribution is -2.18. The molecule has 4 nitrogen and oxygen atoms in total. The van der Waals surface area contributed by atoms with Crippen molar-refractivity contribution in [1.82, 2.24) is 10.3 Å². The lowest BCUT2D eigenvalue weighted by Gasteiger charge is -2.15. The van der Waals surface area contributed by atoms with Gasteiger partial charge in [-0.1, -0.05) is 36.4 Å². The average molecular weight is 339 g/mol. The summed E-state index contributed by atoms with van der Waals surface area (Å²) in [5, 5.41) is 6.07. The van der Waals surface area contributed by atoms with Gasteiger partial charge in [-0.25, -0.2) is 4.98 Å². The van der Waals surface area contributed by atoms with E-state index in [1.165, 1.54) is 22.5 Å². The molecule has 1 atom stereocenters. The smallest absolute Gasteiger partial charge is 0.180 e. The van der Waals surface area contributed by atoms with Crippen LogP contribution in [0.2, 0.25) is 0 Å². The molecule has 0 amide bonds. The van der Waals surface area contributed by atoms with Gasteiger partial charge in [0, 0.05) is 23.5 Å². The zero-order valence-electron chi connectivity index (χ0n) is 13.8. The predicted octanol–water partition coefficient (Wildman–Crippen LogP) is 4.25. The van der Waals surface area contributed by atoms with Crippen LogP contribution in [0.15, 0.2) is 53.9 Å². The Balaban J connectivity index is 1.77. The van der Waals surface area contributed by atoms with Crippen LogP contribution in [-0.2, 0) is 6.54 Å². The van der Waals surface area contributed by atoms with Crippen LogP contribution in [0, 0.1) is 0 Å². The molecule has 2 aromatic carbocycles. The summed E-state index contributed by atoms with van der Waals surface area (Å²) >= 11 is 1.44. The Labute approximate surface area is 146 Å². The van der Waals surface area contributed by atoms with Crippen molar-refractivity contribution >= 4 is 16.5 Å². The summed E-state index contributed by atoms with van der Waals surface area (Å²) in [7, 11) is 1.67. The van der Waals surface area contributed by atoms with Gasteiger partial charge in [0.15, 0.2) is 5.13 Å². The Morgan fingerprint density at radius 1 is 1.21 bits per heavy atom. The highest BCUT2D eigenvalue weighted by Crippen LogP contribution is 2.32. The molecule has 0 spiro atoms. The van der Waals surface area contributed by atoms with Crippen molar-refractivity contribution < 1.29 is 4.74 Å². The number of thiazole rings is 1. The minimum atomic E-state index is 0.284. The highest BCUT2D eigenvalue weighted by Gasteiger charge is 2.11. The molecule has 24 heavy (non-hydrogen) atoms. The van der Waals surface area contributed by atoms with E-state index in [4.69, 9.17) is 10.5 Å². The normalized spacial score (nSPS) is 12.1. The van der Waals surface area contributed by atoms with E-state index in [1.54, 1.807) is 7.11 Å². The van der Waals surface area contributed by atoms with Crippen LogP contribution in [-0.4, -0.2) is 12.1 Å². The van der Waals surface area contributed by atoms with E-state index in [-0.39, 0.29) is 6.04 Å². The van der Waals surface area contributed by atoms with E-state index in [0.717, 1.165) is 23.6 Å². The van der Waals surface area contributed by atoms with Crippen molar-refractivity contribution in [2.75, 3.05) is 12.8 Å². The lowest BCUT2D eigenvalue weighted by molar-refractivity contribution is 0.416. The first kappa shape index (κ1) is 16.5. The number of benzene rings is 2. The fourth-order valence-electron chi connectivity index (χ4n) is 2.61. The monoisotopic (exact) mass is 339 g/mol. The van der Waals surface area contributed by atoms with Gasteiger partial charge in [0.2, 0.25) is 0 Å². The summed E-state index contributed by atoms with van der Waals surface area (Å²) in [5.74, 6) is 0.806. The van der Waals surface area contributed by atoms with Crippen LogP contribution in [0.1, 0.15) is 24.1 Å². The van der Waals surface area contributed by atoms with E-state index in [2.05, 4.69) is 53.6 Å². The van der Waals surface area contributed by atoms with Crippen molar-refractivity contribution in [1.29, 1.82) is 0 Å². The van der Waals surface area contributed by atoms with Gasteiger partial charge in [-0.2, -0.15) is 0 Å². The fourth-order valence-corrected chi connectivity index (χ4v) is 3.17. The van der Waals surface area contributed by atoms with Gasteiger partial charge in [-0.3, -0.25) is 0 Å². The Kier molecular flexibility index (Phi) is 5.13. The third kappa shape index (κ3) is 3.75. The Morgan fingerprint density at radius 3 is 2.67 bits per heavy atom. The first-order valence-corrected chi connectivity index (χ1v) is 8.72. The van der Waals surface area contributed by atoms with Crippen LogP contribution >= 0.6 is 11.3 Å². The molecule has 1 heterocycles. The number of aromatic nitrogens is 1. The first-order chi connectivity index (χ1) is 11.7. The van der Waals surface area contributed by atoms with Crippen molar-refractivity contribution in [3.05, 3.63) is 65.0 Å². The highest BCUT2D eigenvalue weighted by atomic mass is 32.1. The molecule has 0 saturated heterocycles. The highest BCUT2D eigenvalue weighted by molar-refractivity contribution is 7.13. The summed E-state index contributed by atoms with van der Waals surface area (Å²) in [5.41, 5.74) is 10.0. The van der Waals surface area contributed by atoms with Crippen LogP contribution in [0.3, 0.4) is 0 Å². The number of nitrogens with two attached hydrogens (primary N) is 1. The second kappa shape index (κ2) is 7.47. The number of rotatable bonds is 6. The summed E-state index contributed by atoms with van der Waals surface area (Å²) in [6, 6.07) is 16.9. The molecule has 0 saturated carbocycles. The van der Waals surface area contributed by atoms with Gasteiger partial charge in [0.25, 0.3) is 0 Å². The van der Waals surface area contributed by atoms with E-state index < -0.39 is 0 Å². The molecule has 0 aliphatic heterocycles. The Hall–Kier alpha value is -2.37. The number of anilines is 1.